The van der Waals surface area contributed by atoms with E-state index in [9.17, 15) is 0 Å². The largest absolute Gasteiger partial charge is 0.471 e. The SMILES string of the molecule is CC1(C)OB([C@@H]2C(c3ccccc3)=NO[C@H]2c2ccccc2)OC1(C)C. The summed E-state index contributed by atoms with van der Waals surface area (Å²) in [5.41, 5.74) is 2.18. The Morgan fingerprint density at radius 2 is 1.35 bits per heavy atom. The van der Waals surface area contributed by atoms with Crippen molar-refractivity contribution in [1.29, 1.82) is 0 Å². The van der Waals surface area contributed by atoms with Gasteiger partial charge in [0.2, 0.25) is 0 Å². The highest BCUT2D eigenvalue weighted by Crippen LogP contribution is 2.48. The molecule has 2 atom stereocenters. The molecule has 0 N–H and O–H groups in total. The van der Waals surface area contributed by atoms with E-state index in [1.165, 1.54) is 0 Å². The van der Waals surface area contributed by atoms with E-state index < -0.39 is 18.3 Å². The first kappa shape index (κ1) is 17.3. The zero-order chi connectivity index (χ0) is 18.4. The fourth-order valence-corrected chi connectivity index (χ4v) is 3.46. The average molecular weight is 349 g/mol. The third-order valence-corrected chi connectivity index (χ3v) is 5.67. The number of hydrogen-bond acceptors (Lipinski definition) is 4. The highest BCUT2D eigenvalue weighted by Gasteiger charge is 2.58. The lowest BCUT2D eigenvalue weighted by Crippen LogP contribution is -2.41. The summed E-state index contributed by atoms with van der Waals surface area (Å²) in [5.74, 6) is -0.138. The van der Waals surface area contributed by atoms with Gasteiger partial charge in [0.05, 0.1) is 22.7 Å². The molecule has 0 spiro atoms. The smallest absolute Gasteiger partial charge is 0.403 e. The lowest BCUT2D eigenvalue weighted by molar-refractivity contribution is 0.00578. The molecule has 5 heteroatoms. The number of benzene rings is 2. The number of oxime groups is 1. The van der Waals surface area contributed by atoms with Crippen LogP contribution in [0, 0.1) is 0 Å². The van der Waals surface area contributed by atoms with Crippen molar-refractivity contribution >= 4 is 12.8 Å². The van der Waals surface area contributed by atoms with Gasteiger partial charge < -0.3 is 14.1 Å². The van der Waals surface area contributed by atoms with E-state index in [1.807, 2.05) is 48.5 Å². The number of rotatable bonds is 3. The maximum absolute atomic E-state index is 6.37. The van der Waals surface area contributed by atoms with E-state index in [0.717, 1.165) is 16.8 Å². The van der Waals surface area contributed by atoms with Gasteiger partial charge in [0, 0.05) is 0 Å². The summed E-state index contributed by atoms with van der Waals surface area (Å²) in [4.78, 5) is 5.90. The van der Waals surface area contributed by atoms with Gasteiger partial charge in [-0.05, 0) is 38.8 Å². The number of nitrogens with zero attached hydrogens (tertiary/aromatic N) is 1. The standard InChI is InChI=1S/C21H24BNO3/c1-20(2)21(3,4)26-22(25-20)17-18(15-11-7-5-8-12-15)23-24-19(17)16-13-9-6-10-14-16/h5-14,17,19H,1-4H3/t17-,19+/m1/s1. The second-order valence-corrected chi connectivity index (χ2v) is 7.93. The topological polar surface area (TPSA) is 40.0 Å². The molecular formula is C21H24BNO3. The average Bonchev–Trinajstić information content (AvgIpc) is 3.15. The molecule has 2 aromatic rings. The Kier molecular flexibility index (Phi) is 4.16. The first-order valence-electron chi connectivity index (χ1n) is 9.09. The van der Waals surface area contributed by atoms with Crippen molar-refractivity contribution in [2.75, 3.05) is 0 Å². The van der Waals surface area contributed by atoms with Crippen LogP contribution in [0.1, 0.15) is 44.9 Å². The van der Waals surface area contributed by atoms with E-state index >= 15 is 0 Å². The van der Waals surface area contributed by atoms with Gasteiger partial charge in [-0.15, -0.1) is 0 Å². The quantitative estimate of drug-likeness (QED) is 0.759. The Morgan fingerprint density at radius 1 is 0.808 bits per heavy atom. The van der Waals surface area contributed by atoms with Crippen LogP contribution in [0.5, 0.6) is 0 Å². The minimum atomic E-state index is -0.424. The minimum Gasteiger partial charge on any atom is -0.403 e. The van der Waals surface area contributed by atoms with Crippen LogP contribution in [0.3, 0.4) is 0 Å². The number of hydrogen-bond donors (Lipinski definition) is 0. The molecule has 4 nitrogen and oxygen atoms in total. The summed E-state index contributed by atoms with van der Waals surface area (Å²) in [6, 6.07) is 20.3. The van der Waals surface area contributed by atoms with Gasteiger partial charge in [-0.25, -0.2) is 0 Å². The van der Waals surface area contributed by atoms with E-state index in [4.69, 9.17) is 14.1 Å². The van der Waals surface area contributed by atoms with Crippen molar-refractivity contribution < 1.29 is 14.1 Å². The van der Waals surface area contributed by atoms with Crippen molar-refractivity contribution in [3.8, 4) is 0 Å². The van der Waals surface area contributed by atoms with Crippen LogP contribution in [0.15, 0.2) is 65.8 Å². The van der Waals surface area contributed by atoms with Gasteiger partial charge in [-0.3, -0.25) is 0 Å². The van der Waals surface area contributed by atoms with Crippen LogP contribution in [-0.4, -0.2) is 24.0 Å². The molecule has 2 heterocycles. The third-order valence-electron chi connectivity index (χ3n) is 5.67. The molecule has 0 amide bonds. The second kappa shape index (κ2) is 6.25. The summed E-state index contributed by atoms with van der Waals surface area (Å²) in [6.07, 6.45) is -0.235. The molecule has 1 fully saturated rings. The lowest BCUT2D eigenvalue weighted by atomic mass is 9.63. The summed E-state index contributed by atoms with van der Waals surface area (Å²) in [5, 5.41) is 4.44. The summed E-state index contributed by atoms with van der Waals surface area (Å²) < 4.78 is 12.7. The molecule has 0 aliphatic carbocycles. The molecule has 0 aromatic heterocycles. The summed E-state index contributed by atoms with van der Waals surface area (Å²) in [6.45, 7) is 8.28. The zero-order valence-electron chi connectivity index (χ0n) is 15.7. The Morgan fingerprint density at radius 3 is 1.92 bits per heavy atom. The Balaban J connectivity index is 1.73. The molecule has 1 saturated heterocycles. The van der Waals surface area contributed by atoms with E-state index in [-0.39, 0.29) is 11.9 Å². The molecule has 2 aromatic carbocycles. The molecular weight excluding hydrogens is 325 g/mol. The van der Waals surface area contributed by atoms with Crippen molar-refractivity contribution in [2.45, 2.75) is 50.8 Å². The first-order valence-corrected chi connectivity index (χ1v) is 9.09. The Labute approximate surface area is 155 Å². The monoisotopic (exact) mass is 349 g/mol. The minimum absolute atomic E-state index is 0.138. The van der Waals surface area contributed by atoms with Gasteiger partial charge in [-0.1, -0.05) is 65.8 Å². The molecule has 0 radical (unpaired) electrons. The van der Waals surface area contributed by atoms with Crippen molar-refractivity contribution in [3.63, 3.8) is 0 Å². The van der Waals surface area contributed by atoms with E-state index in [0.29, 0.717) is 0 Å². The molecule has 26 heavy (non-hydrogen) atoms. The molecule has 2 aliphatic heterocycles. The maximum atomic E-state index is 6.37. The predicted octanol–water partition coefficient (Wildman–Crippen LogP) is 4.62. The fourth-order valence-electron chi connectivity index (χ4n) is 3.46. The zero-order valence-corrected chi connectivity index (χ0v) is 15.7. The van der Waals surface area contributed by atoms with Crippen LogP contribution in [0.4, 0.5) is 0 Å². The van der Waals surface area contributed by atoms with Gasteiger partial charge in [0.1, 0.15) is 0 Å². The van der Waals surface area contributed by atoms with Gasteiger partial charge in [0.15, 0.2) is 6.10 Å². The molecule has 2 aliphatic rings. The molecule has 0 bridgehead atoms. The lowest BCUT2D eigenvalue weighted by Gasteiger charge is -2.32. The normalized spacial score (nSPS) is 26.5. The third kappa shape index (κ3) is 2.85. The van der Waals surface area contributed by atoms with Crippen LogP contribution in [0.25, 0.3) is 0 Å². The van der Waals surface area contributed by atoms with Crippen molar-refractivity contribution in [2.24, 2.45) is 5.16 Å². The van der Waals surface area contributed by atoms with Crippen molar-refractivity contribution in [1.82, 2.24) is 0 Å². The Bertz CT molecular complexity index is 789. The second-order valence-electron chi connectivity index (χ2n) is 7.93. The Hall–Kier alpha value is -2.11. The highest BCUT2D eigenvalue weighted by atomic mass is 16.7. The molecule has 134 valence electrons. The molecule has 4 rings (SSSR count). The maximum Gasteiger partial charge on any atom is 0.471 e. The van der Waals surface area contributed by atoms with Crippen LogP contribution < -0.4 is 0 Å². The van der Waals surface area contributed by atoms with Gasteiger partial charge >= 0.3 is 7.12 Å². The molecule has 0 saturated carbocycles. The van der Waals surface area contributed by atoms with Crippen LogP contribution in [0.2, 0.25) is 5.82 Å². The molecule has 0 unspecified atom stereocenters. The first-order chi connectivity index (χ1) is 12.4. The van der Waals surface area contributed by atoms with Gasteiger partial charge in [-0.2, -0.15) is 0 Å². The summed E-state index contributed by atoms with van der Waals surface area (Å²) in [7, 11) is -0.424. The highest BCUT2D eigenvalue weighted by molar-refractivity contribution is 6.55. The van der Waals surface area contributed by atoms with Crippen molar-refractivity contribution in [3.05, 3.63) is 71.8 Å². The van der Waals surface area contributed by atoms with Gasteiger partial charge in [0.25, 0.3) is 0 Å². The van der Waals surface area contributed by atoms with E-state index in [2.05, 4.69) is 45.0 Å². The van der Waals surface area contributed by atoms with E-state index in [1.54, 1.807) is 0 Å². The van der Waals surface area contributed by atoms with Crippen LogP contribution in [-0.2, 0) is 14.1 Å². The van der Waals surface area contributed by atoms with Crippen LogP contribution >= 0.6 is 0 Å². The summed E-state index contributed by atoms with van der Waals surface area (Å²) >= 11 is 0. The predicted molar refractivity (Wildman–Crippen MR) is 103 cm³/mol. The fraction of sp³-hybridized carbons (Fsp3) is 0.381.